The number of hydrogen-bond donors (Lipinski definition) is 1. The van der Waals surface area contributed by atoms with Crippen LogP contribution in [-0.4, -0.2) is 11.5 Å². The van der Waals surface area contributed by atoms with Crippen LogP contribution < -0.4 is 10.5 Å². The van der Waals surface area contributed by atoms with Crippen molar-refractivity contribution >= 4 is 17.2 Å². The summed E-state index contributed by atoms with van der Waals surface area (Å²) in [6, 6.07) is 13.4. The topological polar surface area (TPSA) is 76.1 Å². The summed E-state index contributed by atoms with van der Waals surface area (Å²) in [5, 5.41) is 8.87. The van der Waals surface area contributed by atoms with Gasteiger partial charge in [-0.05, 0) is 61.2 Å². The molecule has 5 heteroatoms. The summed E-state index contributed by atoms with van der Waals surface area (Å²) in [6.07, 6.45) is 4.24. The summed E-state index contributed by atoms with van der Waals surface area (Å²) < 4.78 is 5.86. The first-order chi connectivity index (χ1) is 10.6. The number of rotatable bonds is 4. The van der Waals surface area contributed by atoms with E-state index in [1.54, 1.807) is 6.07 Å². The second-order valence-corrected chi connectivity index (χ2v) is 6.34. The molecule has 4 nitrogen and oxygen atoms in total. The maximum Gasteiger partial charge on any atom is 0.261 e. The van der Waals surface area contributed by atoms with Crippen LogP contribution in [0.5, 0.6) is 5.75 Å². The van der Waals surface area contributed by atoms with Gasteiger partial charge in [-0.25, -0.2) is 0 Å². The maximum absolute atomic E-state index is 11.7. The Bertz CT molecular complexity index is 722. The molecule has 0 saturated heterocycles. The monoisotopic (exact) mass is 311 g/mol. The molecule has 2 N–H and O–H groups in total. The van der Waals surface area contributed by atoms with Crippen molar-refractivity contribution in [3.8, 4) is 22.3 Å². The fraction of sp³-hybridized carbons (Fsp3) is 0.235. The van der Waals surface area contributed by atoms with Crippen LogP contribution >= 0.6 is 11.3 Å². The number of carbonyl (C=O) groups excluding carboxylic acids is 1. The molecular formula is C17H15N2O2S. The van der Waals surface area contributed by atoms with E-state index in [0.29, 0.717) is 17.0 Å². The Morgan fingerprint density at radius 1 is 1.27 bits per heavy atom. The molecule has 0 bridgehead atoms. The maximum atomic E-state index is 11.7. The van der Waals surface area contributed by atoms with E-state index in [-0.39, 0.29) is 0 Å². The lowest BCUT2D eigenvalue weighted by Crippen LogP contribution is -2.47. The Kier molecular flexibility index (Phi) is 3.86. The molecule has 1 aliphatic rings. The molecule has 1 amide bonds. The molecule has 0 aliphatic heterocycles. The molecule has 1 fully saturated rings. The zero-order chi connectivity index (χ0) is 15.6. The molecule has 22 heavy (non-hydrogen) atoms. The highest BCUT2D eigenvalue weighted by atomic mass is 32.1. The Morgan fingerprint density at radius 2 is 2.05 bits per heavy atom. The Balaban J connectivity index is 1.79. The van der Waals surface area contributed by atoms with Crippen LogP contribution in [0.25, 0.3) is 10.4 Å². The van der Waals surface area contributed by atoms with Gasteiger partial charge in [0.1, 0.15) is 16.7 Å². The Labute approximate surface area is 133 Å². The van der Waals surface area contributed by atoms with Gasteiger partial charge >= 0.3 is 0 Å². The van der Waals surface area contributed by atoms with Crippen LogP contribution in [0.3, 0.4) is 0 Å². The van der Waals surface area contributed by atoms with E-state index >= 15 is 0 Å². The Hall–Kier alpha value is -2.32. The normalized spacial score (nSPS) is 16.1. The predicted octanol–water partition coefficient (Wildman–Crippen LogP) is 3.28. The van der Waals surface area contributed by atoms with E-state index in [2.05, 4.69) is 6.07 Å². The van der Waals surface area contributed by atoms with Gasteiger partial charge in [0.2, 0.25) is 0 Å². The predicted molar refractivity (Wildman–Crippen MR) is 85.2 cm³/mol. The molecule has 1 saturated carbocycles. The van der Waals surface area contributed by atoms with Crippen LogP contribution in [0.2, 0.25) is 0 Å². The SMILES string of the molecule is N#Cc1ccc(-c2ccc(O[C@]3(C(N)=O)[CH]CCC3)cc2)s1. The van der Waals surface area contributed by atoms with Gasteiger partial charge in [0, 0.05) is 11.3 Å². The van der Waals surface area contributed by atoms with Gasteiger partial charge in [0.25, 0.3) is 5.91 Å². The number of nitrogens with zero attached hydrogens (tertiary/aromatic N) is 1. The number of hydrogen-bond acceptors (Lipinski definition) is 4. The first kappa shape index (κ1) is 14.6. The first-order valence-corrected chi connectivity index (χ1v) is 7.88. The Morgan fingerprint density at radius 3 is 2.59 bits per heavy atom. The van der Waals surface area contributed by atoms with Crippen molar-refractivity contribution in [2.45, 2.75) is 24.9 Å². The minimum atomic E-state index is -0.974. The van der Waals surface area contributed by atoms with Crippen LogP contribution in [0.1, 0.15) is 24.1 Å². The molecule has 111 valence electrons. The van der Waals surface area contributed by atoms with Crippen LogP contribution in [0.4, 0.5) is 0 Å². The van der Waals surface area contributed by atoms with Crippen molar-refractivity contribution in [3.05, 3.63) is 47.7 Å². The van der Waals surface area contributed by atoms with Crippen LogP contribution in [0, 0.1) is 17.8 Å². The molecule has 1 heterocycles. The third-order valence-corrected chi connectivity index (χ3v) is 4.84. The molecule has 1 aromatic carbocycles. The fourth-order valence-corrected chi connectivity index (χ4v) is 3.43. The van der Waals surface area contributed by atoms with Crippen molar-refractivity contribution in [3.63, 3.8) is 0 Å². The van der Waals surface area contributed by atoms with Gasteiger partial charge in [-0.15, -0.1) is 11.3 Å². The van der Waals surface area contributed by atoms with Gasteiger partial charge < -0.3 is 10.5 Å². The smallest absolute Gasteiger partial charge is 0.261 e. The molecule has 1 aliphatic carbocycles. The van der Waals surface area contributed by atoms with E-state index in [1.807, 2.05) is 36.8 Å². The zero-order valence-electron chi connectivity index (χ0n) is 11.9. The molecule has 3 rings (SSSR count). The fourth-order valence-electron chi connectivity index (χ4n) is 2.62. The third kappa shape index (κ3) is 2.70. The lowest BCUT2D eigenvalue weighted by Gasteiger charge is -2.26. The van der Waals surface area contributed by atoms with Gasteiger partial charge in [-0.2, -0.15) is 5.26 Å². The third-order valence-electron chi connectivity index (χ3n) is 3.80. The minimum Gasteiger partial charge on any atom is -0.477 e. The van der Waals surface area contributed by atoms with Crippen LogP contribution in [-0.2, 0) is 4.79 Å². The first-order valence-electron chi connectivity index (χ1n) is 7.07. The lowest BCUT2D eigenvalue weighted by atomic mass is 10.0. The molecular weight excluding hydrogens is 296 g/mol. The van der Waals surface area contributed by atoms with E-state index in [0.717, 1.165) is 23.3 Å². The largest absolute Gasteiger partial charge is 0.477 e. The van der Waals surface area contributed by atoms with E-state index in [1.165, 1.54) is 11.3 Å². The second kappa shape index (κ2) is 5.82. The summed E-state index contributed by atoms with van der Waals surface area (Å²) in [5.74, 6) is 0.184. The highest BCUT2D eigenvalue weighted by Crippen LogP contribution is 2.35. The molecule has 1 atom stereocenters. The van der Waals surface area contributed by atoms with Crippen molar-refractivity contribution in [2.24, 2.45) is 5.73 Å². The number of primary amides is 1. The molecule has 0 unspecified atom stereocenters. The van der Waals surface area contributed by atoms with Gasteiger partial charge in [-0.1, -0.05) is 0 Å². The minimum absolute atomic E-state index is 0.439. The number of thiophene rings is 1. The summed E-state index contributed by atoms with van der Waals surface area (Å²) in [4.78, 5) is 13.4. The van der Waals surface area contributed by atoms with Crippen molar-refractivity contribution in [2.75, 3.05) is 0 Å². The number of ether oxygens (including phenoxy) is 1. The zero-order valence-corrected chi connectivity index (χ0v) is 12.7. The highest BCUT2D eigenvalue weighted by Gasteiger charge is 2.42. The average Bonchev–Trinajstić information content (AvgIpc) is 3.17. The summed E-state index contributed by atoms with van der Waals surface area (Å²) in [5.41, 5.74) is 5.54. The number of nitriles is 1. The summed E-state index contributed by atoms with van der Waals surface area (Å²) in [6.45, 7) is 0. The standard InChI is InChI=1S/C17H15N2O2S/c18-11-14-7-8-15(22-14)12-3-5-13(6-4-12)21-17(16(19)20)9-1-2-10-17/h3-9H,1-2,10H2,(H2,19,20)/t17-/m1/s1. The second-order valence-electron chi connectivity index (χ2n) is 5.25. The van der Waals surface area contributed by atoms with E-state index in [9.17, 15) is 4.79 Å². The van der Waals surface area contributed by atoms with Crippen molar-refractivity contribution in [1.29, 1.82) is 5.26 Å². The van der Waals surface area contributed by atoms with Crippen LogP contribution in [0.15, 0.2) is 36.4 Å². The molecule has 1 aromatic heterocycles. The van der Waals surface area contributed by atoms with E-state index in [4.69, 9.17) is 15.7 Å². The van der Waals surface area contributed by atoms with Gasteiger partial charge in [-0.3, -0.25) is 4.79 Å². The summed E-state index contributed by atoms with van der Waals surface area (Å²) in [7, 11) is 0. The van der Waals surface area contributed by atoms with Gasteiger partial charge in [0.05, 0.1) is 0 Å². The number of amides is 1. The average molecular weight is 311 g/mol. The van der Waals surface area contributed by atoms with E-state index < -0.39 is 11.5 Å². The molecule has 2 aromatic rings. The quantitative estimate of drug-likeness (QED) is 0.941. The number of nitrogens with two attached hydrogens (primary N) is 1. The number of benzene rings is 1. The molecule has 0 spiro atoms. The highest BCUT2D eigenvalue weighted by molar-refractivity contribution is 7.16. The van der Waals surface area contributed by atoms with Crippen molar-refractivity contribution < 1.29 is 9.53 Å². The lowest BCUT2D eigenvalue weighted by molar-refractivity contribution is -0.130. The van der Waals surface area contributed by atoms with Gasteiger partial charge in [0.15, 0.2) is 5.60 Å². The van der Waals surface area contributed by atoms with Crippen molar-refractivity contribution in [1.82, 2.24) is 0 Å². The number of carbonyl (C=O) groups is 1. The summed E-state index contributed by atoms with van der Waals surface area (Å²) >= 11 is 1.45. The molecule has 1 radical (unpaired) electrons.